The molecule has 0 atom stereocenters. The van der Waals surface area contributed by atoms with Gasteiger partial charge < -0.3 is 24.3 Å². The number of nitrogens with zero attached hydrogens (tertiary/aromatic N) is 7. The summed E-state index contributed by atoms with van der Waals surface area (Å²) in [6, 6.07) is 7.47. The lowest BCUT2D eigenvalue weighted by molar-refractivity contribution is -0.389. The third-order valence-corrected chi connectivity index (χ3v) is 6.00. The molecule has 3 aromatic heterocycles. The summed E-state index contributed by atoms with van der Waals surface area (Å²) >= 11 is 1.38. The van der Waals surface area contributed by atoms with Crippen molar-refractivity contribution >= 4 is 27.9 Å². The second-order valence-electron chi connectivity index (χ2n) is 7.08. The van der Waals surface area contributed by atoms with Gasteiger partial charge in [-0.05, 0) is 29.2 Å². The highest BCUT2D eigenvalue weighted by Crippen LogP contribution is 2.31. The number of benzene rings is 1. The maximum Gasteiger partial charge on any atom is 0.373 e. The van der Waals surface area contributed by atoms with Gasteiger partial charge in [0.05, 0.1) is 13.7 Å². The third-order valence-electron chi connectivity index (χ3n) is 5.24. The molecule has 0 unspecified atom stereocenters. The minimum Gasteiger partial charge on any atom is -0.497 e. The quantitative estimate of drug-likeness (QED) is 0.329. The number of hydrogen-bond donors (Lipinski definition) is 0. The lowest BCUT2D eigenvalue weighted by Crippen LogP contribution is -2.46. The van der Waals surface area contributed by atoms with E-state index in [2.05, 4.69) is 20.0 Å². The van der Waals surface area contributed by atoms with Crippen LogP contribution in [0.4, 0.5) is 11.6 Å². The molecule has 4 heterocycles. The minimum atomic E-state index is -0.367. The maximum atomic E-state index is 11.6. The molecule has 1 aromatic carbocycles. The van der Waals surface area contributed by atoms with E-state index in [0.717, 1.165) is 11.3 Å². The first-order chi connectivity index (χ1) is 15.1. The number of anilines is 1. The minimum absolute atomic E-state index is 0.0192. The number of methoxy groups -OCH3 is 1. The molecular formula is C19H19N7O4S. The molecule has 31 heavy (non-hydrogen) atoms. The average molecular weight is 441 g/mol. The molecule has 0 spiro atoms. The molecule has 1 fully saturated rings. The number of fused-ring (bicyclic) bond motifs is 1. The van der Waals surface area contributed by atoms with Crippen LogP contribution in [0.1, 0.15) is 5.89 Å². The van der Waals surface area contributed by atoms with Crippen LogP contribution in [0.25, 0.3) is 16.3 Å². The van der Waals surface area contributed by atoms with E-state index in [0.29, 0.717) is 55.2 Å². The Bertz CT molecular complexity index is 1210. The highest BCUT2D eigenvalue weighted by atomic mass is 32.1. The number of imidazole rings is 1. The standard InChI is InChI=1S/C19H19N7O4S/c1-29-14-4-2-13(3-5-14)16-20-15(30-22-16)12-23-6-8-24(9-7-23)17-18(26(27)28)25-10-11-31-19(25)21-17/h2-5,10-11H,6-9,12H2,1H3. The van der Waals surface area contributed by atoms with E-state index < -0.39 is 0 Å². The Balaban J connectivity index is 1.24. The lowest BCUT2D eigenvalue weighted by atomic mass is 10.2. The van der Waals surface area contributed by atoms with Gasteiger partial charge >= 0.3 is 5.82 Å². The van der Waals surface area contributed by atoms with Gasteiger partial charge in [-0.1, -0.05) is 16.5 Å². The van der Waals surface area contributed by atoms with Gasteiger partial charge in [-0.25, -0.2) is 0 Å². The molecule has 5 rings (SSSR count). The van der Waals surface area contributed by atoms with Crippen molar-refractivity contribution in [2.75, 3.05) is 38.2 Å². The summed E-state index contributed by atoms with van der Waals surface area (Å²) in [5.74, 6) is 2.28. The Morgan fingerprint density at radius 3 is 2.68 bits per heavy atom. The number of ether oxygens (including phenoxy) is 1. The van der Waals surface area contributed by atoms with Crippen LogP contribution in [0.5, 0.6) is 5.75 Å². The molecule has 0 N–H and O–H groups in total. The van der Waals surface area contributed by atoms with Crippen molar-refractivity contribution < 1.29 is 14.2 Å². The highest BCUT2D eigenvalue weighted by molar-refractivity contribution is 7.15. The van der Waals surface area contributed by atoms with E-state index in [1.807, 2.05) is 29.2 Å². The van der Waals surface area contributed by atoms with Gasteiger partial charge in [0, 0.05) is 37.1 Å². The van der Waals surface area contributed by atoms with Crippen molar-refractivity contribution in [3.8, 4) is 17.1 Å². The molecule has 1 aliphatic heterocycles. The average Bonchev–Trinajstić information content (AvgIpc) is 3.50. The number of nitro groups is 1. The number of rotatable bonds is 6. The fourth-order valence-electron chi connectivity index (χ4n) is 3.63. The second kappa shape index (κ2) is 7.96. The first kappa shape index (κ1) is 19.5. The van der Waals surface area contributed by atoms with Crippen LogP contribution in [0.15, 0.2) is 40.4 Å². The maximum absolute atomic E-state index is 11.6. The normalized spacial score (nSPS) is 14.9. The molecule has 0 saturated carbocycles. The zero-order valence-corrected chi connectivity index (χ0v) is 17.5. The summed E-state index contributed by atoms with van der Waals surface area (Å²) in [6.07, 6.45) is 1.68. The molecule has 0 radical (unpaired) electrons. The summed E-state index contributed by atoms with van der Waals surface area (Å²) in [5.41, 5.74) is 0.854. The highest BCUT2D eigenvalue weighted by Gasteiger charge is 2.30. The van der Waals surface area contributed by atoms with Gasteiger partial charge in [0.15, 0.2) is 0 Å². The summed E-state index contributed by atoms with van der Waals surface area (Å²) in [7, 11) is 1.62. The van der Waals surface area contributed by atoms with Crippen LogP contribution in [-0.4, -0.2) is 62.6 Å². The van der Waals surface area contributed by atoms with E-state index in [-0.39, 0.29) is 10.7 Å². The van der Waals surface area contributed by atoms with Gasteiger partial charge in [-0.2, -0.15) is 14.4 Å². The number of piperazine rings is 1. The topological polar surface area (TPSA) is 115 Å². The number of aromatic nitrogens is 4. The van der Waals surface area contributed by atoms with Crippen molar-refractivity contribution in [1.82, 2.24) is 24.4 Å². The van der Waals surface area contributed by atoms with E-state index in [1.165, 1.54) is 15.7 Å². The summed E-state index contributed by atoms with van der Waals surface area (Å²) < 4.78 is 12.1. The zero-order valence-electron chi connectivity index (χ0n) is 16.7. The van der Waals surface area contributed by atoms with Crippen LogP contribution in [0, 0.1) is 10.1 Å². The molecule has 1 aliphatic rings. The first-order valence-corrected chi connectivity index (χ1v) is 10.5. The van der Waals surface area contributed by atoms with E-state index in [9.17, 15) is 10.1 Å². The van der Waals surface area contributed by atoms with Gasteiger partial charge in [-0.3, -0.25) is 4.90 Å². The summed E-state index contributed by atoms with van der Waals surface area (Å²) in [5, 5.41) is 17.4. The Kier molecular flexibility index (Phi) is 5.00. The predicted octanol–water partition coefficient (Wildman–Crippen LogP) is 2.68. The summed E-state index contributed by atoms with van der Waals surface area (Å²) in [4.78, 5) is 24.9. The molecule has 0 amide bonds. The van der Waals surface area contributed by atoms with Crippen LogP contribution in [-0.2, 0) is 6.54 Å². The van der Waals surface area contributed by atoms with Gasteiger partial charge in [0.1, 0.15) is 11.9 Å². The molecular weight excluding hydrogens is 422 g/mol. The fraction of sp³-hybridized carbons (Fsp3) is 0.316. The Morgan fingerprint density at radius 1 is 1.19 bits per heavy atom. The second-order valence-corrected chi connectivity index (χ2v) is 7.95. The van der Waals surface area contributed by atoms with E-state index >= 15 is 0 Å². The molecule has 0 bridgehead atoms. The Hall–Kier alpha value is -3.51. The van der Waals surface area contributed by atoms with Crippen LogP contribution in [0.2, 0.25) is 0 Å². The molecule has 12 heteroatoms. The van der Waals surface area contributed by atoms with Crippen molar-refractivity contribution in [1.29, 1.82) is 0 Å². The van der Waals surface area contributed by atoms with Crippen molar-refractivity contribution in [2.45, 2.75) is 6.54 Å². The Labute approximate surface area is 180 Å². The monoisotopic (exact) mass is 441 g/mol. The van der Waals surface area contributed by atoms with Crippen LogP contribution < -0.4 is 9.64 Å². The van der Waals surface area contributed by atoms with Crippen LogP contribution >= 0.6 is 11.3 Å². The van der Waals surface area contributed by atoms with Crippen molar-refractivity contribution in [3.05, 3.63) is 51.8 Å². The van der Waals surface area contributed by atoms with Gasteiger partial charge in [0.25, 0.3) is 4.96 Å². The Morgan fingerprint density at radius 2 is 1.97 bits per heavy atom. The molecule has 1 saturated heterocycles. The number of hydrogen-bond acceptors (Lipinski definition) is 10. The van der Waals surface area contributed by atoms with Gasteiger partial charge in [-0.15, -0.1) is 0 Å². The van der Waals surface area contributed by atoms with Crippen LogP contribution in [0.3, 0.4) is 0 Å². The zero-order chi connectivity index (χ0) is 21.4. The predicted molar refractivity (Wildman–Crippen MR) is 113 cm³/mol. The first-order valence-electron chi connectivity index (χ1n) is 9.66. The lowest BCUT2D eigenvalue weighted by Gasteiger charge is -2.33. The number of thiazole rings is 1. The van der Waals surface area contributed by atoms with Crippen molar-refractivity contribution in [3.63, 3.8) is 0 Å². The van der Waals surface area contributed by atoms with E-state index in [1.54, 1.807) is 18.7 Å². The SMILES string of the molecule is COc1ccc(-c2noc(CN3CCN(c4nc5sccn5c4[N+](=O)[O-])CC3)n2)cc1. The fourth-order valence-corrected chi connectivity index (χ4v) is 4.33. The molecule has 160 valence electrons. The van der Waals surface area contributed by atoms with Crippen molar-refractivity contribution in [2.24, 2.45) is 0 Å². The summed E-state index contributed by atoms with van der Waals surface area (Å²) in [6.45, 7) is 3.21. The smallest absolute Gasteiger partial charge is 0.373 e. The molecule has 11 nitrogen and oxygen atoms in total. The third kappa shape index (κ3) is 3.70. The van der Waals surface area contributed by atoms with Gasteiger partial charge in [0.2, 0.25) is 17.5 Å². The van der Waals surface area contributed by atoms with E-state index in [4.69, 9.17) is 9.26 Å². The largest absolute Gasteiger partial charge is 0.497 e. The molecule has 0 aliphatic carbocycles. The molecule has 4 aromatic rings.